The average Bonchev–Trinajstić information content (AvgIpc) is 2.95. The van der Waals surface area contributed by atoms with E-state index in [4.69, 9.17) is 0 Å². The zero-order valence-corrected chi connectivity index (χ0v) is 25.6. The Labute approximate surface area is 253 Å². The Morgan fingerprint density at radius 3 is 2.09 bits per heavy atom. The Balaban J connectivity index is 1.88. The second kappa shape index (κ2) is 15.6. The molecule has 0 saturated carbocycles. The molecule has 0 spiro atoms. The molecule has 0 fully saturated rings. The van der Waals surface area contributed by atoms with E-state index in [0.717, 1.165) is 42.3 Å². The number of rotatable bonds is 14. The smallest absolute Gasteiger partial charge is 0.253 e. The van der Waals surface area contributed by atoms with E-state index in [-0.39, 0.29) is 30.0 Å². The van der Waals surface area contributed by atoms with Crippen molar-refractivity contribution in [2.75, 3.05) is 31.6 Å². The van der Waals surface area contributed by atoms with Crippen molar-refractivity contribution in [3.8, 4) is 0 Å². The Bertz CT molecular complexity index is 1370. The monoisotopic (exact) mass is 595 g/mol. The van der Waals surface area contributed by atoms with Crippen LogP contribution < -0.4 is 10.2 Å². The minimum absolute atomic E-state index is 0.0300. The first-order valence-electron chi connectivity index (χ1n) is 14.7. The number of aryl methyl sites for hydroxylation is 2. The summed E-state index contributed by atoms with van der Waals surface area (Å²) in [4.78, 5) is 30.3. The molecule has 0 aliphatic rings. The van der Waals surface area contributed by atoms with E-state index in [1.54, 1.807) is 35.9 Å². The van der Waals surface area contributed by atoms with Crippen LogP contribution in [0.15, 0.2) is 60.7 Å². The Morgan fingerprint density at radius 1 is 0.860 bits per heavy atom. The molecule has 3 N–H and O–H groups in total. The Morgan fingerprint density at radius 2 is 1.49 bits per heavy atom. The van der Waals surface area contributed by atoms with E-state index in [1.807, 2.05) is 45.0 Å². The molecule has 0 aromatic heterocycles. The molecule has 0 aliphatic carbocycles. The Hall–Kier alpha value is -3.82. The number of carbonyl (C=O) groups is 2. The summed E-state index contributed by atoms with van der Waals surface area (Å²) in [6.07, 6.45) is -1.36. The van der Waals surface area contributed by atoms with Crippen LogP contribution >= 0.6 is 0 Å². The minimum Gasteiger partial charge on any atom is -0.388 e. The molecule has 0 unspecified atom stereocenters. The van der Waals surface area contributed by atoms with Gasteiger partial charge in [0.05, 0.1) is 12.1 Å². The third kappa shape index (κ3) is 9.59. The topological polar surface area (TPSA) is 93.1 Å². The van der Waals surface area contributed by atoms with Gasteiger partial charge in [0.1, 0.15) is 17.7 Å². The number of amides is 2. The van der Waals surface area contributed by atoms with Gasteiger partial charge in [0.25, 0.3) is 11.8 Å². The van der Waals surface area contributed by atoms with Gasteiger partial charge in [0, 0.05) is 49.6 Å². The van der Waals surface area contributed by atoms with Crippen LogP contribution in [-0.4, -0.2) is 71.9 Å². The van der Waals surface area contributed by atoms with Crippen LogP contribution in [0.4, 0.5) is 14.5 Å². The number of aliphatic hydroxyl groups excluding tert-OH is 2. The highest BCUT2D eigenvalue weighted by molar-refractivity contribution is 6.00. The molecular weight excluding hydrogens is 552 g/mol. The maximum Gasteiger partial charge on any atom is 0.253 e. The van der Waals surface area contributed by atoms with Crippen LogP contribution in [-0.2, 0) is 6.42 Å². The summed E-state index contributed by atoms with van der Waals surface area (Å²) in [6, 6.07) is 14.4. The highest BCUT2D eigenvalue weighted by Crippen LogP contribution is 2.19. The van der Waals surface area contributed by atoms with Crippen molar-refractivity contribution in [2.24, 2.45) is 0 Å². The summed E-state index contributed by atoms with van der Waals surface area (Å²) >= 11 is 0. The Kier molecular flexibility index (Phi) is 12.2. The second-order valence-corrected chi connectivity index (χ2v) is 11.2. The molecular formula is C34H43F2N3O4. The third-order valence-electron chi connectivity index (χ3n) is 7.27. The molecule has 43 heavy (non-hydrogen) atoms. The molecule has 0 radical (unpaired) electrons. The van der Waals surface area contributed by atoms with Gasteiger partial charge in [-0.2, -0.15) is 0 Å². The van der Waals surface area contributed by atoms with Crippen LogP contribution in [0.5, 0.6) is 0 Å². The molecule has 7 nitrogen and oxygen atoms in total. The van der Waals surface area contributed by atoms with Gasteiger partial charge in [-0.3, -0.25) is 9.59 Å². The zero-order chi connectivity index (χ0) is 31.7. The van der Waals surface area contributed by atoms with Crippen LogP contribution in [0, 0.1) is 25.5 Å². The number of hydrogen-bond acceptors (Lipinski definition) is 5. The molecule has 0 saturated heterocycles. The number of anilines is 1. The number of halogens is 2. The highest BCUT2D eigenvalue weighted by Gasteiger charge is 2.30. The largest absolute Gasteiger partial charge is 0.388 e. The van der Waals surface area contributed by atoms with Crippen molar-refractivity contribution >= 4 is 17.5 Å². The number of hydrogen-bond donors (Lipinski definition) is 3. The number of carbonyl (C=O) groups excluding carboxylic acids is 2. The maximum absolute atomic E-state index is 14.0. The SMILES string of the molecule is CCCN(CCC)C(=O)c1cc(C)cc(C(=O)N[C@@H](Cc2cc(F)cc(F)c2)[C@H](O)[C@H](O)CN(C)c2cccc(C)c2)c1. The first kappa shape index (κ1) is 33.7. The number of nitrogens with one attached hydrogen (secondary N) is 1. The van der Waals surface area contributed by atoms with Crippen molar-refractivity contribution in [1.29, 1.82) is 0 Å². The summed E-state index contributed by atoms with van der Waals surface area (Å²) < 4.78 is 28.0. The lowest BCUT2D eigenvalue weighted by Gasteiger charge is -2.31. The van der Waals surface area contributed by atoms with Gasteiger partial charge < -0.3 is 25.3 Å². The minimum atomic E-state index is -1.49. The lowest BCUT2D eigenvalue weighted by molar-refractivity contribution is 0.00153. The molecule has 232 valence electrons. The molecule has 0 heterocycles. The highest BCUT2D eigenvalue weighted by atomic mass is 19.1. The first-order chi connectivity index (χ1) is 20.4. The quantitative estimate of drug-likeness (QED) is 0.243. The lowest BCUT2D eigenvalue weighted by atomic mass is 9.96. The van der Waals surface area contributed by atoms with E-state index < -0.39 is 35.8 Å². The molecule has 2 amide bonds. The van der Waals surface area contributed by atoms with Crippen molar-refractivity contribution in [3.63, 3.8) is 0 Å². The number of likely N-dealkylation sites (N-methyl/N-ethyl adjacent to an activating group) is 1. The van der Waals surface area contributed by atoms with Gasteiger partial charge in [-0.15, -0.1) is 0 Å². The summed E-state index contributed by atoms with van der Waals surface area (Å²) in [5.41, 5.74) is 3.34. The summed E-state index contributed by atoms with van der Waals surface area (Å²) in [5, 5.41) is 25.1. The fraction of sp³-hybridized carbons (Fsp3) is 0.412. The molecule has 3 atom stereocenters. The van der Waals surface area contributed by atoms with Gasteiger partial charge in [0.2, 0.25) is 0 Å². The van der Waals surface area contributed by atoms with E-state index in [1.165, 1.54) is 6.07 Å². The van der Waals surface area contributed by atoms with Gasteiger partial charge in [-0.05, 0) is 92.3 Å². The van der Waals surface area contributed by atoms with Crippen LogP contribution in [0.2, 0.25) is 0 Å². The van der Waals surface area contributed by atoms with Gasteiger partial charge in [0.15, 0.2) is 0 Å². The van der Waals surface area contributed by atoms with Gasteiger partial charge in [-0.25, -0.2) is 8.78 Å². The normalized spacial score (nSPS) is 13.2. The van der Waals surface area contributed by atoms with Crippen molar-refractivity contribution in [1.82, 2.24) is 10.2 Å². The molecule has 0 aliphatic heterocycles. The molecule has 0 bridgehead atoms. The third-order valence-corrected chi connectivity index (χ3v) is 7.27. The van der Waals surface area contributed by atoms with Crippen molar-refractivity contribution < 1.29 is 28.6 Å². The molecule has 3 aromatic rings. The van der Waals surface area contributed by atoms with Crippen LogP contribution in [0.1, 0.15) is 64.1 Å². The fourth-order valence-corrected chi connectivity index (χ4v) is 5.19. The summed E-state index contributed by atoms with van der Waals surface area (Å²) in [6.45, 7) is 8.93. The fourth-order valence-electron chi connectivity index (χ4n) is 5.19. The zero-order valence-electron chi connectivity index (χ0n) is 25.6. The van der Waals surface area contributed by atoms with Crippen molar-refractivity contribution in [2.45, 2.75) is 65.2 Å². The molecule has 3 rings (SSSR count). The second-order valence-electron chi connectivity index (χ2n) is 11.2. The lowest BCUT2D eigenvalue weighted by Crippen LogP contribution is -2.52. The van der Waals surface area contributed by atoms with Crippen LogP contribution in [0.3, 0.4) is 0 Å². The van der Waals surface area contributed by atoms with Crippen LogP contribution in [0.25, 0.3) is 0 Å². The summed E-state index contributed by atoms with van der Waals surface area (Å²) in [5.74, 6) is -2.35. The average molecular weight is 596 g/mol. The van der Waals surface area contributed by atoms with E-state index in [9.17, 15) is 28.6 Å². The number of benzene rings is 3. The van der Waals surface area contributed by atoms with Gasteiger partial charge in [-0.1, -0.05) is 26.0 Å². The van der Waals surface area contributed by atoms with Crippen molar-refractivity contribution in [3.05, 3.63) is 100 Å². The first-order valence-corrected chi connectivity index (χ1v) is 14.7. The van der Waals surface area contributed by atoms with E-state index in [2.05, 4.69) is 5.32 Å². The standard InChI is InChI=1S/C34H43F2N3O4/c1-6-11-39(12-7-2)34(43)26-14-23(4)13-25(19-26)33(42)37-30(18-24-16-27(35)20-28(36)17-24)32(41)31(40)21-38(5)29-10-8-9-22(3)15-29/h8-10,13-17,19-20,30-32,40-41H,6-7,11-12,18,21H2,1-5H3,(H,37,42)/t30-,31+,32-/m0/s1. The molecule has 9 heteroatoms. The summed E-state index contributed by atoms with van der Waals surface area (Å²) in [7, 11) is 1.77. The maximum atomic E-state index is 14.0. The predicted molar refractivity (Wildman–Crippen MR) is 165 cm³/mol. The number of aliphatic hydroxyl groups is 2. The van der Waals surface area contributed by atoms with Gasteiger partial charge >= 0.3 is 0 Å². The predicted octanol–water partition coefficient (Wildman–Crippen LogP) is 5.04. The van der Waals surface area contributed by atoms with E-state index >= 15 is 0 Å². The molecule has 3 aromatic carbocycles. The number of nitrogens with zero attached hydrogens (tertiary/aromatic N) is 2. The van der Waals surface area contributed by atoms with E-state index in [0.29, 0.717) is 24.2 Å².